The monoisotopic (exact) mass is 562 g/mol. The minimum Gasteiger partial charge on any atom is -0.296 e. The van der Waals surface area contributed by atoms with Gasteiger partial charge >= 0.3 is 11.9 Å². The normalized spacial score (nSPS) is 30.9. The maximum absolute atomic E-state index is 14.4. The van der Waals surface area contributed by atoms with Gasteiger partial charge < -0.3 is 0 Å². The molecular formula is C30H45F3N6O. The molecule has 6 rings (SSSR count). The third kappa shape index (κ3) is 5.25. The van der Waals surface area contributed by atoms with Crippen LogP contribution in [0, 0.1) is 23.7 Å². The molecule has 2 saturated carbocycles. The first kappa shape index (κ1) is 28.2. The second-order valence-electron chi connectivity index (χ2n) is 13.2. The molecule has 0 bridgehead atoms. The van der Waals surface area contributed by atoms with E-state index in [0.29, 0.717) is 29.2 Å². The van der Waals surface area contributed by atoms with E-state index in [-0.39, 0.29) is 29.5 Å². The zero-order chi connectivity index (χ0) is 28.2. The average Bonchev–Trinajstić information content (AvgIpc) is 3.47. The molecule has 4 heterocycles. The van der Waals surface area contributed by atoms with E-state index < -0.39 is 11.7 Å². The Balaban J connectivity index is 1.33. The molecule has 0 amide bonds. The Hall–Kier alpha value is -1.88. The molecule has 40 heavy (non-hydrogen) atoms. The summed E-state index contributed by atoms with van der Waals surface area (Å²) >= 11 is 0. The number of piperidine rings is 1. The van der Waals surface area contributed by atoms with Crippen molar-refractivity contribution in [1.29, 1.82) is 0 Å². The highest BCUT2D eigenvalue weighted by Gasteiger charge is 2.44. The maximum atomic E-state index is 14.4. The smallest absolute Gasteiger partial charge is 0.296 e. The summed E-state index contributed by atoms with van der Waals surface area (Å²) in [4.78, 5) is 18.4. The second-order valence-corrected chi connectivity index (χ2v) is 13.2. The second kappa shape index (κ2) is 11.1. The predicted molar refractivity (Wildman–Crippen MR) is 150 cm³/mol. The van der Waals surface area contributed by atoms with Gasteiger partial charge in [0, 0.05) is 31.0 Å². The predicted octanol–water partition coefficient (Wildman–Crippen LogP) is 5.38. The number of likely N-dealkylation sites (tertiary alicyclic amines) is 1. The SMILES string of the molecule is CC(c1cc(C(F)(F)F)c2cn(C3CCCC([C@@H](C4CCC4)C4NNCN4C)C3)c(=O)n2c1)N1CCC[C@H](C)C1. The number of aromatic nitrogens is 2. The first-order valence-corrected chi connectivity index (χ1v) is 15.4. The number of imidazole rings is 1. The number of nitrogens with zero attached hydrogens (tertiary/aromatic N) is 4. The van der Waals surface area contributed by atoms with E-state index in [4.69, 9.17) is 0 Å². The van der Waals surface area contributed by atoms with Crippen LogP contribution in [0.25, 0.3) is 5.52 Å². The molecule has 0 spiro atoms. The van der Waals surface area contributed by atoms with Gasteiger partial charge in [0.1, 0.15) is 0 Å². The topological polar surface area (TPSA) is 57.0 Å². The highest BCUT2D eigenvalue weighted by atomic mass is 19.4. The van der Waals surface area contributed by atoms with Crippen LogP contribution in [0.15, 0.2) is 23.3 Å². The summed E-state index contributed by atoms with van der Waals surface area (Å²) in [6, 6.07) is 1.02. The number of halogens is 3. The van der Waals surface area contributed by atoms with E-state index in [9.17, 15) is 18.0 Å². The summed E-state index contributed by atoms with van der Waals surface area (Å²) in [5, 5.41) is 0. The van der Waals surface area contributed by atoms with Crippen molar-refractivity contribution in [3.8, 4) is 0 Å². The van der Waals surface area contributed by atoms with E-state index in [2.05, 4.69) is 34.6 Å². The molecule has 2 aliphatic carbocycles. The lowest BCUT2D eigenvalue weighted by Gasteiger charge is -2.46. The van der Waals surface area contributed by atoms with Crippen molar-refractivity contribution in [2.75, 3.05) is 26.8 Å². The molecule has 2 N–H and O–H groups in total. The van der Waals surface area contributed by atoms with E-state index in [1.165, 1.54) is 35.9 Å². The van der Waals surface area contributed by atoms with Gasteiger partial charge in [-0.1, -0.05) is 32.6 Å². The Morgan fingerprint density at radius 2 is 1.77 bits per heavy atom. The number of rotatable bonds is 6. The van der Waals surface area contributed by atoms with Crippen molar-refractivity contribution >= 4 is 5.52 Å². The number of pyridine rings is 1. The molecule has 4 aliphatic rings. The number of nitrogens with one attached hydrogen (secondary N) is 2. The standard InChI is InChI=1S/C30H45F3N6O/c1-19-7-6-12-37(15-19)20(2)23-14-25(30(31,32)33)26-17-38(29(40)39(26)16-23)24-11-5-10-22(13-24)27(21-8-4-9-21)28-35-34-18-36(28)3/h14,16-17,19-22,24,27-28,34-35H,4-13,15,18H2,1-3H3/t19-,20?,22?,24?,27+,28?/m0/s1. The molecule has 7 nitrogen and oxygen atoms in total. The van der Waals surface area contributed by atoms with Gasteiger partial charge in [0.15, 0.2) is 0 Å². The minimum absolute atomic E-state index is 0.0282. The zero-order valence-corrected chi connectivity index (χ0v) is 24.1. The van der Waals surface area contributed by atoms with Crippen LogP contribution in [0.4, 0.5) is 13.2 Å². The van der Waals surface area contributed by atoms with E-state index in [1.54, 1.807) is 10.8 Å². The third-order valence-corrected chi connectivity index (χ3v) is 10.6. The van der Waals surface area contributed by atoms with Gasteiger partial charge in [-0.3, -0.25) is 18.8 Å². The van der Waals surface area contributed by atoms with Crippen LogP contribution in [0.5, 0.6) is 0 Å². The fourth-order valence-corrected chi connectivity index (χ4v) is 8.13. The Morgan fingerprint density at radius 3 is 2.42 bits per heavy atom. The van der Waals surface area contributed by atoms with Crippen molar-refractivity contribution in [3.63, 3.8) is 0 Å². The fourth-order valence-electron chi connectivity index (χ4n) is 8.13. The van der Waals surface area contributed by atoms with Crippen LogP contribution >= 0.6 is 0 Å². The van der Waals surface area contributed by atoms with Crippen molar-refractivity contribution in [3.05, 3.63) is 40.1 Å². The van der Waals surface area contributed by atoms with E-state index in [1.807, 2.05) is 6.92 Å². The van der Waals surface area contributed by atoms with Gasteiger partial charge in [-0.05, 0) is 87.9 Å². The minimum atomic E-state index is -4.54. The van der Waals surface area contributed by atoms with Crippen molar-refractivity contribution < 1.29 is 13.2 Å². The molecule has 0 radical (unpaired) electrons. The van der Waals surface area contributed by atoms with Gasteiger partial charge in [0.25, 0.3) is 0 Å². The Labute approximate surface area is 235 Å². The highest BCUT2D eigenvalue weighted by Crippen LogP contribution is 2.47. The van der Waals surface area contributed by atoms with Crippen LogP contribution in [-0.2, 0) is 6.18 Å². The molecule has 0 aromatic carbocycles. The van der Waals surface area contributed by atoms with Gasteiger partial charge in [0.05, 0.1) is 23.9 Å². The maximum Gasteiger partial charge on any atom is 0.418 e. The zero-order valence-electron chi connectivity index (χ0n) is 24.1. The Kier molecular flexibility index (Phi) is 7.82. The summed E-state index contributed by atoms with van der Waals surface area (Å²) in [5.74, 6) is 2.07. The largest absolute Gasteiger partial charge is 0.418 e. The van der Waals surface area contributed by atoms with Gasteiger partial charge in [0.2, 0.25) is 0 Å². The third-order valence-electron chi connectivity index (χ3n) is 10.6. The van der Waals surface area contributed by atoms with Crippen LogP contribution in [0.2, 0.25) is 0 Å². The Bertz CT molecular complexity index is 1250. The molecule has 222 valence electrons. The van der Waals surface area contributed by atoms with Crippen LogP contribution < -0.4 is 16.5 Å². The summed E-state index contributed by atoms with van der Waals surface area (Å²) in [6.07, 6.45) is 8.56. The lowest BCUT2D eigenvalue weighted by Crippen LogP contribution is -2.50. The summed E-state index contributed by atoms with van der Waals surface area (Å²) < 4.78 is 46.1. The summed E-state index contributed by atoms with van der Waals surface area (Å²) in [5.41, 5.74) is 6.25. The van der Waals surface area contributed by atoms with Crippen molar-refractivity contribution in [2.24, 2.45) is 23.7 Å². The highest BCUT2D eigenvalue weighted by molar-refractivity contribution is 5.56. The molecule has 4 unspecified atom stereocenters. The van der Waals surface area contributed by atoms with Gasteiger partial charge in [-0.15, -0.1) is 0 Å². The van der Waals surface area contributed by atoms with Crippen molar-refractivity contribution in [2.45, 2.75) is 96.1 Å². The van der Waals surface area contributed by atoms with Crippen LogP contribution in [0.3, 0.4) is 0 Å². The molecule has 4 fully saturated rings. The lowest BCUT2D eigenvalue weighted by molar-refractivity contribution is -0.136. The number of alkyl halides is 3. The van der Waals surface area contributed by atoms with Crippen LogP contribution in [0.1, 0.15) is 94.8 Å². The molecule has 2 aliphatic heterocycles. The molecule has 2 aromatic heterocycles. The number of hydrazine groups is 1. The van der Waals surface area contributed by atoms with Gasteiger partial charge in [-0.2, -0.15) is 13.2 Å². The summed E-state index contributed by atoms with van der Waals surface area (Å²) in [7, 11) is 2.14. The van der Waals surface area contributed by atoms with E-state index in [0.717, 1.165) is 58.3 Å². The molecule has 2 aromatic rings. The fraction of sp³-hybridized carbons (Fsp3) is 0.767. The molecular weight excluding hydrogens is 517 g/mol. The van der Waals surface area contributed by atoms with Gasteiger partial charge in [-0.25, -0.2) is 15.6 Å². The quantitative estimate of drug-likeness (QED) is 0.495. The number of hydrogen-bond donors (Lipinski definition) is 2. The Morgan fingerprint density at radius 1 is 1.02 bits per heavy atom. The summed E-state index contributed by atoms with van der Waals surface area (Å²) in [6.45, 7) is 6.69. The van der Waals surface area contributed by atoms with E-state index >= 15 is 0 Å². The first-order valence-electron chi connectivity index (χ1n) is 15.4. The molecule has 2 saturated heterocycles. The number of hydrogen-bond acceptors (Lipinski definition) is 5. The van der Waals surface area contributed by atoms with Crippen molar-refractivity contribution in [1.82, 2.24) is 29.6 Å². The lowest BCUT2D eigenvalue weighted by atomic mass is 9.65. The first-order chi connectivity index (χ1) is 19.1. The van der Waals surface area contributed by atoms with Crippen LogP contribution in [-0.4, -0.2) is 51.7 Å². The molecule has 6 atom stereocenters. The molecule has 10 heteroatoms. The number of fused-ring (bicyclic) bond motifs is 1. The average molecular weight is 563 g/mol.